The third-order valence-electron chi connectivity index (χ3n) is 3.33. The summed E-state index contributed by atoms with van der Waals surface area (Å²) in [7, 11) is 0. The smallest absolute Gasteiger partial charge is 0.408 e. The summed E-state index contributed by atoms with van der Waals surface area (Å²) in [6, 6.07) is 16.8. The Balaban J connectivity index is 1.91. The zero-order chi connectivity index (χ0) is 17.4. The summed E-state index contributed by atoms with van der Waals surface area (Å²) < 4.78 is 10.8. The minimum absolute atomic E-state index is 0.122. The molecule has 1 N–H and O–H groups in total. The number of hydrogen-bond donors (Lipinski definition) is 1. The second-order valence-corrected chi connectivity index (χ2v) is 5.66. The number of benzene rings is 2. The summed E-state index contributed by atoms with van der Waals surface area (Å²) in [5.41, 5.74) is 1.86. The van der Waals surface area contributed by atoms with Crippen molar-refractivity contribution in [1.82, 2.24) is 5.32 Å². The Kier molecular flexibility index (Phi) is 6.43. The van der Waals surface area contributed by atoms with Gasteiger partial charge in [0.1, 0.15) is 12.4 Å². The fraction of sp³-hybridized carbons (Fsp3) is 0.250. The van der Waals surface area contributed by atoms with Gasteiger partial charge in [-0.1, -0.05) is 48.5 Å². The number of ether oxygens (including phenoxy) is 2. The first-order valence-corrected chi connectivity index (χ1v) is 7.95. The standard InChI is InChI=1S/C20H23NO3/c1-4-19(17-10-12-18(13-11-17)24-15(2)3)21-20(22)23-14-16-8-6-5-7-9-16/h4-13,15,19H,1,14H2,2-3H3,(H,21,22). The maximum absolute atomic E-state index is 12.0. The summed E-state index contributed by atoms with van der Waals surface area (Å²) in [6.07, 6.45) is 1.31. The van der Waals surface area contributed by atoms with E-state index in [9.17, 15) is 4.79 Å². The number of alkyl carbamates (subject to hydrolysis) is 1. The fourth-order valence-electron chi connectivity index (χ4n) is 2.20. The van der Waals surface area contributed by atoms with Gasteiger partial charge in [-0.2, -0.15) is 0 Å². The molecule has 0 radical (unpaired) electrons. The molecule has 0 saturated carbocycles. The summed E-state index contributed by atoms with van der Waals surface area (Å²) in [4.78, 5) is 12.0. The Morgan fingerprint density at radius 1 is 1.12 bits per heavy atom. The van der Waals surface area contributed by atoms with Crippen molar-refractivity contribution in [2.75, 3.05) is 0 Å². The van der Waals surface area contributed by atoms with E-state index in [1.165, 1.54) is 0 Å². The van der Waals surface area contributed by atoms with E-state index < -0.39 is 6.09 Å². The molecule has 24 heavy (non-hydrogen) atoms. The van der Waals surface area contributed by atoms with E-state index in [0.29, 0.717) is 0 Å². The summed E-state index contributed by atoms with van der Waals surface area (Å²) in [5, 5.41) is 2.79. The van der Waals surface area contributed by atoms with Gasteiger partial charge in [0.2, 0.25) is 0 Å². The lowest BCUT2D eigenvalue weighted by Gasteiger charge is -2.16. The van der Waals surface area contributed by atoms with Gasteiger partial charge in [-0.25, -0.2) is 4.79 Å². The molecule has 0 saturated heterocycles. The van der Waals surface area contributed by atoms with Crippen LogP contribution in [0.3, 0.4) is 0 Å². The maximum Gasteiger partial charge on any atom is 0.408 e. The number of carbonyl (C=O) groups excluding carboxylic acids is 1. The van der Waals surface area contributed by atoms with Crippen molar-refractivity contribution in [2.45, 2.75) is 32.6 Å². The third-order valence-corrected chi connectivity index (χ3v) is 3.33. The minimum atomic E-state index is -0.480. The number of rotatable bonds is 7. The van der Waals surface area contributed by atoms with Gasteiger partial charge in [-0.15, -0.1) is 6.58 Å². The second kappa shape index (κ2) is 8.77. The molecule has 0 spiro atoms. The molecular formula is C20H23NO3. The monoisotopic (exact) mass is 325 g/mol. The Bertz CT molecular complexity index is 650. The molecule has 0 aliphatic carbocycles. The van der Waals surface area contributed by atoms with Crippen LogP contribution in [0.2, 0.25) is 0 Å². The van der Waals surface area contributed by atoms with Gasteiger partial charge >= 0.3 is 6.09 Å². The number of amides is 1. The van der Waals surface area contributed by atoms with Crippen molar-refractivity contribution < 1.29 is 14.3 Å². The molecule has 2 aromatic carbocycles. The van der Waals surface area contributed by atoms with Crippen LogP contribution in [0.4, 0.5) is 4.79 Å². The first-order chi connectivity index (χ1) is 11.6. The predicted octanol–water partition coefficient (Wildman–Crippen LogP) is 4.63. The van der Waals surface area contributed by atoms with Gasteiger partial charge in [-0.05, 0) is 37.1 Å². The van der Waals surface area contributed by atoms with E-state index in [0.717, 1.165) is 16.9 Å². The van der Waals surface area contributed by atoms with E-state index >= 15 is 0 Å². The molecule has 0 fully saturated rings. The Morgan fingerprint density at radius 3 is 2.38 bits per heavy atom. The first-order valence-electron chi connectivity index (χ1n) is 7.95. The van der Waals surface area contributed by atoms with Crippen LogP contribution in [0.5, 0.6) is 5.75 Å². The van der Waals surface area contributed by atoms with Crippen molar-refractivity contribution in [2.24, 2.45) is 0 Å². The zero-order valence-corrected chi connectivity index (χ0v) is 14.1. The largest absolute Gasteiger partial charge is 0.491 e. The molecule has 0 aliphatic heterocycles. The van der Waals surface area contributed by atoms with Crippen molar-refractivity contribution >= 4 is 6.09 Å². The van der Waals surface area contributed by atoms with Crippen LogP contribution in [0.15, 0.2) is 67.3 Å². The number of hydrogen-bond acceptors (Lipinski definition) is 3. The Morgan fingerprint density at radius 2 is 1.79 bits per heavy atom. The average Bonchev–Trinajstić information content (AvgIpc) is 2.59. The normalized spacial score (nSPS) is 11.6. The van der Waals surface area contributed by atoms with Crippen LogP contribution in [0.1, 0.15) is 31.0 Å². The molecule has 1 amide bonds. The SMILES string of the molecule is C=CC(NC(=O)OCc1ccccc1)c1ccc(OC(C)C)cc1. The highest BCUT2D eigenvalue weighted by atomic mass is 16.5. The van der Waals surface area contributed by atoms with Gasteiger partial charge < -0.3 is 14.8 Å². The van der Waals surface area contributed by atoms with Crippen molar-refractivity contribution in [3.05, 3.63) is 78.4 Å². The van der Waals surface area contributed by atoms with Gasteiger partial charge in [-0.3, -0.25) is 0 Å². The molecule has 4 nitrogen and oxygen atoms in total. The summed E-state index contributed by atoms with van der Waals surface area (Å²) in [6.45, 7) is 7.97. The highest BCUT2D eigenvalue weighted by Crippen LogP contribution is 2.19. The quantitative estimate of drug-likeness (QED) is 0.755. The van der Waals surface area contributed by atoms with Gasteiger partial charge in [0.05, 0.1) is 12.1 Å². The van der Waals surface area contributed by atoms with Crippen molar-refractivity contribution in [3.8, 4) is 5.75 Å². The van der Waals surface area contributed by atoms with Crippen LogP contribution in [0, 0.1) is 0 Å². The maximum atomic E-state index is 12.0. The molecular weight excluding hydrogens is 302 g/mol. The highest BCUT2D eigenvalue weighted by Gasteiger charge is 2.12. The molecule has 2 rings (SSSR count). The van der Waals surface area contributed by atoms with Crippen LogP contribution in [-0.2, 0) is 11.3 Å². The zero-order valence-electron chi connectivity index (χ0n) is 14.1. The molecule has 0 heterocycles. The Hall–Kier alpha value is -2.75. The number of carbonyl (C=O) groups is 1. The van der Waals surface area contributed by atoms with Crippen LogP contribution in [0.25, 0.3) is 0 Å². The van der Waals surface area contributed by atoms with E-state index in [-0.39, 0.29) is 18.8 Å². The van der Waals surface area contributed by atoms with E-state index in [1.807, 2.05) is 68.4 Å². The van der Waals surface area contributed by atoms with Crippen molar-refractivity contribution in [3.63, 3.8) is 0 Å². The lowest BCUT2D eigenvalue weighted by molar-refractivity contribution is 0.137. The molecule has 2 aromatic rings. The van der Waals surface area contributed by atoms with Gasteiger partial charge in [0.25, 0.3) is 0 Å². The second-order valence-electron chi connectivity index (χ2n) is 5.66. The molecule has 1 atom stereocenters. The predicted molar refractivity (Wildman–Crippen MR) is 94.9 cm³/mol. The van der Waals surface area contributed by atoms with Crippen molar-refractivity contribution in [1.29, 1.82) is 0 Å². The minimum Gasteiger partial charge on any atom is -0.491 e. The van der Waals surface area contributed by atoms with Gasteiger partial charge in [0.15, 0.2) is 0 Å². The molecule has 0 aromatic heterocycles. The van der Waals surface area contributed by atoms with Gasteiger partial charge in [0, 0.05) is 0 Å². The molecule has 126 valence electrons. The average molecular weight is 325 g/mol. The summed E-state index contributed by atoms with van der Waals surface area (Å²) in [5.74, 6) is 0.795. The van der Waals surface area contributed by atoms with E-state index in [4.69, 9.17) is 9.47 Å². The van der Waals surface area contributed by atoms with E-state index in [1.54, 1.807) is 6.08 Å². The first kappa shape index (κ1) is 17.6. The molecule has 0 bridgehead atoms. The molecule has 4 heteroatoms. The topological polar surface area (TPSA) is 47.6 Å². The van der Waals surface area contributed by atoms with E-state index in [2.05, 4.69) is 11.9 Å². The Labute approximate surface area is 143 Å². The van der Waals surface area contributed by atoms with Crippen LogP contribution >= 0.6 is 0 Å². The lowest BCUT2D eigenvalue weighted by Crippen LogP contribution is -2.27. The van der Waals surface area contributed by atoms with Crippen LogP contribution < -0.4 is 10.1 Å². The highest BCUT2D eigenvalue weighted by molar-refractivity contribution is 5.68. The summed E-state index contributed by atoms with van der Waals surface area (Å²) >= 11 is 0. The van der Waals surface area contributed by atoms with Crippen LogP contribution in [-0.4, -0.2) is 12.2 Å². The third kappa shape index (κ3) is 5.47. The molecule has 0 aliphatic rings. The number of nitrogens with one attached hydrogen (secondary N) is 1. The molecule has 1 unspecified atom stereocenters. The lowest BCUT2D eigenvalue weighted by atomic mass is 10.1. The fourth-order valence-corrected chi connectivity index (χ4v) is 2.20.